The summed E-state index contributed by atoms with van der Waals surface area (Å²) in [4.78, 5) is 14.2. The molecule has 4 nitrogen and oxygen atoms in total. The average molecular weight is 277 g/mol. The van der Waals surface area contributed by atoms with Crippen LogP contribution in [-0.2, 0) is 4.79 Å². The van der Waals surface area contributed by atoms with Crippen LogP contribution in [0.2, 0.25) is 0 Å². The number of nitrogens with two attached hydrogens (primary N) is 1. The minimum atomic E-state index is -0.585. The van der Waals surface area contributed by atoms with Crippen molar-refractivity contribution >= 4 is 5.91 Å². The molecule has 0 heterocycles. The summed E-state index contributed by atoms with van der Waals surface area (Å²) in [7, 11) is 2.09. The highest BCUT2D eigenvalue weighted by molar-refractivity contribution is 5.82. The molecule has 0 fully saturated rings. The summed E-state index contributed by atoms with van der Waals surface area (Å²) in [5.41, 5.74) is 7.98. The minimum absolute atomic E-state index is 0.110. The van der Waals surface area contributed by atoms with Gasteiger partial charge >= 0.3 is 0 Å². The van der Waals surface area contributed by atoms with Crippen LogP contribution >= 0.6 is 0 Å². The van der Waals surface area contributed by atoms with Crippen molar-refractivity contribution in [2.45, 2.75) is 39.3 Å². The maximum Gasteiger partial charge on any atom is 0.241 e. The molecule has 0 bridgehead atoms. The van der Waals surface area contributed by atoms with Crippen LogP contribution < -0.4 is 11.1 Å². The van der Waals surface area contributed by atoms with E-state index < -0.39 is 6.04 Å². The highest BCUT2D eigenvalue weighted by atomic mass is 16.2. The first-order valence-corrected chi connectivity index (χ1v) is 7.22. The van der Waals surface area contributed by atoms with Crippen molar-refractivity contribution in [3.8, 4) is 0 Å². The minimum Gasteiger partial charge on any atom is -0.354 e. The number of nitrogens with one attached hydrogen (secondary N) is 1. The molecular weight excluding hydrogens is 250 g/mol. The monoisotopic (exact) mass is 277 g/mol. The zero-order valence-electron chi connectivity index (χ0n) is 13.0. The predicted molar refractivity (Wildman–Crippen MR) is 83.5 cm³/mol. The molecule has 0 radical (unpaired) electrons. The molecule has 1 amide bonds. The van der Waals surface area contributed by atoms with Gasteiger partial charge in [-0.15, -0.1) is 0 Å². The van der Waals surface area contributed by atoms with Crippen LogP contribution in [0, 0.1) is 6.92 Å². The van der Waals surface area contributed by atoms with Crippen LogP contribution in [-0.4, -0.2) is 37.0 Å². The standard InChI is InChI=1S/C16H27N3O/c1-12(2)19(4)11-5-10-18-16(20)15(17)14-8-6-13(3)7-9-14/h6-9,12,15H,5,10-11,17H2,1-4H3,(H,18,20). The summed E-state index contributed by atoms with van der Waals surface area (Å²) in [6.07, 6.45) is 0.932. The van der Waals surface area contributed by atoms with Crippen LogP contribution in [0.15, 0.2) is 24.3 Å². The van der Waals surface area contributed by atoms with Gasteiger partial charge in [-0.2, -0.15) is 0 Å². The molecule has 1 atom stereocenters. The smallest absolute Gasteiger partial charge is 0.241 e. The molecule has 3 N–H and O–H groups in total. The zero-order chi connectivity index (χ0) is 15.1. The second-order valence-corrected chi connectivity index (χ2v) is 5.61. The van der Waals surface area contributed by atoms with E-state index in [-0.39, 0.29) is 5.91 Å². The fourth-order valence-corrected chi connectivity index (χ4v) is 1.83. The van der Waals surface area contributed by atoms with Gasteiger partial charge in [-0.05, 0) is 46.3 Å². The number of hydrogen-bond acceptors (Lipinski definition) is 3. The fraction of sp³-hybridized carbons (Fsp3) is 0.562. The van der Waals surface area contributed by atoms with E-state index in [1.807, 2.05) is 31.2 Å². The lowest BCUT2D eigenvalue weighted by atomic mass is 10.1. The third-order valence-corrected chi connectivity index (χ3v) is 3.59. The molecule has 1 rings (SSSR count). The topological polar surface area (TPSA) is 58.4 Å². The first-order valence-electron chi connectivity index (χ1n) is 7.22. The molecule has 112 valence electrons. The lowest BCUT2D eigenvalue weighted by Crippen LogP contribution is -2.36. The van der Waals surface area contributed by atoms with Crippen LogP contribution in [0.3, 0.4) is 0 Å². The number of hydrogen-bond donors (Lipinski definition) is 2. The Kier molecular flexibility index (Phi) is 6.68. The van der Waals surface area contributed by atoms with Gasteiger partial charge in [-0.3, -0.25) is 4.79 Å². The number of aryl methyl sites for hydroxylation is 1. The van der Waals surface area contributed by atoms with Gasteiger partial charge in [-0.1, -0.05) is 29.8 Å². The van der Waals surface area contributed by atoms with Crippen molar-refractivity contribution in [2.24, 2.45) is 5.73 Å². The van der Waals surface area contributed by atoms with E-state index >= 15 is 0 Å². The predicted octanol–water partition coefficient (Wildman–Crippen LogP) is 1.84. The lowest BCUT2D eigenvalue weighted by Gasteiger charge is -2.21. The fourth-order valence-electron chi connectivity index (χ4n) is 1.83. The Morgan fingerprint density at radius 2 is 1.90 bits per heavy atom. The quantitative estimate of drug-likeness (QED) is 0.748. The van der Waals surface area contributed by atoms with E-state index in [2.05, 4.69) is 31.1 Å². The maximum atomic E-state index is 12.0. The van der Waals surface area contributed by atoms with Crippen LogP contribution in [0.25, 0.3) is 0 Å². The zero-order valence-corrected chi connectivity index (χ0v) is 13.0. The van der Waals surface area contributed by atoms with Crippen molar-refractivity contribution < 1.29 is 4.79 Å². The van der Waals surface area contributed by atoms with Gasteiger partial charge in [0.05, 0.1) is 0 Å². The highest BCUT2D eigenvalue weighted by Crippen LogP contribution is 2.11. The van der Waals surface area contributed by atoms with E-state index in [4.69, 9.17) is 5.73 Å². The van der Waals surface area contributed by atoms with Gasteiger partial charge < -0.3 is 16.0 Å². The van der Waals surface area contributed by atoms with Crippen molar-refractivity contribution in [2.75, 3.05) is 20.1 Å². The number of amides is 1. The summed E-state index contributed by atoms with van der Waals surface area (Å²) < 4.78 is 0. The largest absolute Gasteiger partial charge is 0.354 e. The molecule has 0 aliphatic rings. The Morgan fingerprint density at radius 1 is 1.30 bits per heavy atom. The molecule has 1 unspecified atom stereocenters. The summed E-state index contributed by atoms with van der Waals surface area (Å²) in [6, 6.07) is 7.71. The molecule has 0 aliphatic heterocycles. The Balaban J connectivity index is 2.34. The summed E-state index contributed by atoms with van der Waals surface area (Å²) in [6.45, 7) is 7.96. The van der Waals surface area contributed by atoms with Crippen LogP contribution in [0.5, 0.6) is 0 Å². The molecule has 0 saturated heterocycles. The van der Waals surface area contributed by atoms with E-state index in [1.54, 1.807) is 0 Å². The molecular formula is C16H27N3O. The van der Waals surface area contributed by atoms with Crippen LogP contribution in [0.4, 0.5) is 0 Å². The second-order valence-electron chi connectivity index (χ2n) is 5.61. The number of carbonyl (C=O) groups excluding carboxylic acids is 1. The van der Waals surface area contributed by atoms with Gasteiger partial charge in [0.25, 0.3) is 0 Å². The summed E-state index contributed by atoms with van der Waals surface area (Å²) >= 11 is 0. The number of benzene rings is 1. The molecule has 1 aromatic rings. The van der Waals surface area contributed by atoms with E-state index in [1.165, 1.54) is 0 Å². The lowest BCUT2D eigenvalue weighted by molar-refractivity contribution is -0.122. The first kappa shape index (κ1) is 16.7. The number of carbonyl (C=O) groups is 1. The highest BCUT2D eigenvalue weighted by Gasteiger charge is 2.14. The van der Waals surface area contributed by atoms with E-state index in [9.17, 15) is 4.79 Å². The third kappa shape index (κ3) is 5.31. The third-order valence-electron chi connectivity index (χ3n) is 3.59. The van der Waals surface area contributed by atoms with Gasteiger partial charge in [-0.25, -0.2) is 0 Å². The maximum absolute atomic E-state index is 12.0. The van der Waals surface area contributed by atoms with E-state index in [0.717, 1.165) is 24.1 Å². The van der Waals surface area contributed by atoms with Gasteiger partial charge in [0, 0.05) is 12.6 Å². The molecule has 1 aromatic carbocycles. The Morgan fingerprint density at radius 3 is 2.45 bits per heavy atom. The molecule has 4 heteroatoms. The molecule has 0 aromatic heterocycles. The van der Waals surface area contributed by atoms with Crippen LogP contribution in [0.1, 0.15) is 37.4 Å². The number of rotatable bonds is 7. The first-order chi connectivity index (χ1) is 9.41. The number of nitrogens with zero attached hydrogens (tertiary/aromatic N) is 1. The molecule has 20 heavy (non-hydrogen) atoms. The van der Waals surface area contributed by atoms with Gasteiger partial charge in [0.1, 0.15) is 6.04 Å². The van der Waals surface area contributed by atoms with Crippen molar-refractivity contribution in [1.82, 2.24) is 10.2 Å². The summed E-state index contributed by atoms with van der Waals surface area (Å²) in [5.74, 6) is -0.110. The molecule has 0 saturated carbocycles. The molecule has 0 spiro atoms. The Bertz CT molecular complexity index is 414. The Hall–Kier alpha value is -1.39. The average Bonchev–Trinajstić information content (AvgIpc) is 2.43. The molecule has 0 aliphatic carbocycles. The second kappa shape index (κ2) is 8.02. The SMILES string of the molecule is Cc1ccc(C(N)C(=O)NCCCN(C)C(C)C)cc1. The Labute approximate surface area is 122 Å². The van der Waals surface area contributed by atoms with E-state index in [0.29, 0.717) is 12.6 Å². The van der Waals surface area contributed by atoms with Crippen molar-refractivity contribution in [3.63, 3.8) is 0 Å². The van der Waals surface area contributed by atoms with Gasteiger partial charge in [0.2, 0.25) is 5.91 Å². The summed E-state index contributed by atoms with van der Waals surface area (Å²) in [5, 5.41) is 2.90. The normalized spacial score (nSPS) is 12.8. The van der Waals surface area contributed by atoms with Crippen molar-refractivity contribution in [1.29, 1.82) is 0 Å². The van der Waals surface area contributed by atoms with Crippen molar-refractivity contribution in [3.05, 3.63) is 35.4 Å². The van der Waals surface area contributed by atoms with Gasteiger partial charge in [0.15, 0.2) is 0 Å².